The Balaban J connectivity index is 1.28. The third kappa shape index (κ3) is 3.89. The Morgan fingerprint density at radius 2 is 1.83 bits per heavy atom. The number of fused-ring (bicyclic) bond motifs is 1. The van der Waals surface area contributed by atoms with Gasteiger partial charge in [0.05, 0.1) is 6.54 Å². The van der Waals surface area contributed by atoms with Crippen molar-refractivity contribution in [1.29, 1.82) is 0 Å². The zero-order chi connectivity index (χ0) is 20.7. The number of likely N-dealkylation sites (tertiary alicyclic amines) is 1. The Morgan fingerprint density at radius 1 is 1.07 bits per heavy atom. The van der Waals surface area contributed by atoms with Crippen molar-refractivity contribution in [2.75, 3.05) is 44.2 Å². The van der Waals surface area contributed by atoms with E-state index >= 15 is 0 Å². The molecule has 3 fully saturated rings. The number of carbonyl (C=O) groups excluding carboxylic acids is 1. The average molecular weight is 418 g/mol. The van der Waals surface area contributed by atoms with E-state index in [1.165, 1.54) is 30.6 Å². The van der Waals surface area contributed by atoms with Crippen LogP contribution >= 0.6 is 0 Å². The van der Waals surface area contributed by atoms with E-state index in [4.69, 9.17) is 4.98 Å². The van der Waals surface area contributed by atoms with Gasteiger partial charge < -0.3 is 14.8 Å². The lowest BCUT2D eigenvalue weighted by Gasteiger charge is -2.38. The summed E-state index contributed by atoms with van der Waals surface area (Å²) in [6, 6.07) is 6.42. The first kappa shape index (κ1) is 19.7. The van der Waals surface area contributed by atoms with Gasteiger partial charge >= 0.3 is 0 Å². The fraction of sp³-hybridized carbons (Fsp3) is 0.636. The molecule has 1 N–H and O–H groups in total. The Hall–Kier alpha value is -2.22. The molecule has 30 heavy (non-hydrogen) atoms. The quantitative estimate of drug-likeness (QED) is 0.831. The molecule has 0 radical (unpaired) electrons. The first-order valence-electron chi connectivity index (χ1n) is 11.1. The number of rotatable bonds is 3. The van der Waals surface area contributed by atoms with E-state index < -0.39 is 12.5 Å². The maximum absolute atomic E-state index is 13.7. The van der Waals surface area contributed by atoms with Gasteiger partial charge in [-0.15, -0.1) is 0 Å². The Morgan fingerprint density at radius 3 is 2.57 bits per heavy atom. The molecule has 0 unspecified atom stereocenters. The van der Waals surface area contributed by atoms with Crippen molar-refractivity contribution in [2.45, 2.75) is 50.5 Å². The van der Waals surface area contributed by atoms with Crippen LogP contribution in [0.2, 0.25) is 0 Å². The van der Waals surface area contributed by atoms with Gasteiger partial charge in [-0.05, 0) is 37.5 Å². The van der Waals surface area contributed by atoms with Crippen molar-refractivity contribution in [3.05, 3.63) is 23.9 Å². The van der Waals surface area contributed by atoms with Gasteiger partial charge in [-0.25, -0.2) is 13.8 Å². The molecule has 5 rings (SSSR count). The van der Waals surface area contributed by atoms with Gasteiger partial charge in [0.15, 0.2) is 0 Å². The largest absolute Gasteiger partial charge is 0.354 e. The van der Waals surface area contributed by atoms with Gasteiger partial charge in [0.1, 0.15) is 17.2 Å². The molecular weight excluding hydrogens is 388 g/mol. The minimum atomic E-state index is -2.80. The zero-order valence-electron chi connectivity index (χ0n) is 17.2. The predicted octanol–water partition coefficient (Wildman–Crippen LogP) is 3.50. The van der Waals surface area contributed by atoms with Gasteiger partial charge in [-0.1, -0.05) is 12.8 Å². The summed E-state index contributed by atoms with van der Waals surface area (Å²) in [5.74, 6) is -2.27. The minimum Gasteiger partial charge on any atom is -0.354 e. The molecule has 1 amide bonds. The highest BCUT2D eigenvalue weighted by atomic mass is 19.3. The number of nitrogens with zero attached hydrogens (tertiary/aromatic N) is 4. The highest BCUT2D eigenvalue weighted by Crippen LogP contribution is 2.29. The number of hydrogen-bond acceptors (Lipinski definition) is 4. The topological polar surface area (TPSA) is 55.5 Å². The van der Waals surface area contributed by atoms with Crippen molar-refractivity contribution >= 4 is 22.8 Å². The summed E-state index contributed by atoms with van der Waals surface area (Å²) < 4.78 is 27.4. The molecule has 4 heterocycles. The number of piperazine rings is 1. The van der Waals surface area contributed by atoms with Gasteiger partial charge in [0.25, 0.3) is 11.8 Å². The number of halogens is 2. The second kappa shape index (κ2) is 7.80. The van der Waals surface area contributed by atoms with Gasteiger partial charge in [-0.2, -0.15) is 0 Å². The summed E-state index contributed by atoms with van der Waals surface area (Å²) in [5.41, 5.74) is 0.969. The molecule has 162 valence electrons. The molecule has 1 aliphatic carbocycles. The lowest BCUT2D eigenvalue weighted by atomic mass is 10.1. The number of pyridine rings is 1. The van der Waals surface area contributed by atoms with Crippen molar-refractivity contribution in [3.63, 3.8) is 0 Å². The number of alkyl halides is 2. The molecule has 2 aromatic heterocycles. The summed E-state index contributed by atoms with van der Waals surface area (Å²) in [4.78, 5) is 26.7. The molecule has 6 nitrogen and oxygen atoms in total. The molecule has 8 heteroatoms. The van der Waals surface area contributed by atoms with Crippen LogP contribution < -0.4 is 4.90 Å². The standard InChI is InChI=1S/C22H29F2N5O/c23-22(24)8-3-9-29(15-22)21(30)18-14-16-6-7-19(26-20(16)25-18)28-12-10-27(11-13-28)17-4-1-2-5-17/h6-7,14,17H,1-5,8-13,15H2,(H,25,26). The number of aromatic amines is 1. The number of nitrogens with one attached hydrogen (secondary N) is 1. The number of anilines is 1. The van der Waals surface area contributed by atoms with Crippen molar-refractivity contribution in [2.24, 2.45) is 0 Å². The third-order valence-electron chi connectivity index (χ3n) is 6.85. The van der Waals surface area contributed by atoms with Gasteiger partial charge in [0.2, 0.25) is 0 Å². The molecular formula is C22H29F2N5O. The monoisotopic (exact) mass is 417 g/mol. The van der Waals surface area contributed by atoms with Crippen LogP contribution in [0.25, 0.3) is 11.0 Å². The summed E-state index contributed by atoms with van der Waals surface area (Å²) in [6.45, 7) is 3.87. The molecule has 0 aromatic carbocycles. The molecule has 0 atom stereocenters. The van der Waals surface area contributed by atoms with Crippen molar-refractivity contribution < 1.29 is 13.6 Å². The Kier molecular flexibility index (Phi) is 5.13. The Bertz CT molecular complexity index is 915. The third-order valence-corrected chi connectivity index (χ3v) is 6.85. The van der Waals surface area contributed by atoms with E-state index in [1.807, 2.05) is 12.1 Å². The molecule has 1 saturated carbocycles. The van der Waals surface area contributed by atoms with E-state index in [9.17, 15) is 13.6 Å². The lowest BCUT2D eigenvalue weighted by molar-refractivity contribution is -0.0561. The van der Waals surface area contributed by atoms with Crippen LogP contribution in [0.1, 0.15) is 49.0 Å². The van der Waals surface area contributed by atoms with Crippen molar-refractivity contribution in [1.82, 2.24) is 19.8 Å². The molecule has 3 aliphatic rings. The SMILES string of the molecule is O=C(c1cc2ccc(N3CCN(C4CCCC4)CC3)nc2[nH]1)N1CCCC(F)(F)C1. The lowest BCUT2D eigenvalue weighted by Crippen LogP contribution is -2.49. The van der Waals surface area contributed by atoms with Crippen LogP contribution in [-0.2, 0) is 0 Å². The summed E-state index contributed by atoms with van der Waals surface area (Å²) in [5, 5.41) is 0.829. The number of carbonyl (C=O) groups is 1. The van der Waals surface area contributed by atoms with Crippen LogP contribution in [0, 0.1) is 0 Å². The molecule has 2 aliphatic heterocycles. The summed E-state index contributed by atoms with van der Waals surface area (Å²) in [7, 11) is 0. The van der Waals surface area contributed by atoms with Crippen LogP contribution in [0.15, 0.2) is 18.2 Å². The van der Waals surface area contributed by atoms with E-state index in [1.54, 1.807) is 6.07 Å². The number of piperidine rings is 1. The highest BCUT2D eigenvalue weighted by molar-refractivity contribution is 5.97. The van der Waals surface area contributed by atoms with Gasteiger partial charge in [-0.3, -0.25) is 9.69 Å². The average Bonchev–Trinajstić information content (AvgIpc) is 3.42. The Labute approximate surface area is 175 Å². The first-order valence-corrected chi connectivity index (χ1v) is 11.1. The van der Waals surface area contributed by atoms with E-state index in [0.717, 1.165) is 43.4 Å². The smallest absolute Gasteiger partial charge is 0.270 e. The zero-order valence-corrected chi connectivity index (χ0v) is 17.2. The fourth-order valence-corrected chi connectivity index (χ4v) is 5.18. The molecule has 2 aromatic rings. The van der Waals surface area contributed by atoms with E-state index in [2.05, 4.69) is 14.8 Å². The highest BCUT2D eigenvalue weighted by Gasteiger charge is 2.37. The predicted molar refractivity (Wildman–Crippen MR) is 112 cm³/mol. The van der Waals surface area contributed by atoms with Crippen molar-refractivity contribution in [3.8, 4) is 0 Å². The van der Waals surface area contributed by atoms with Crippen LogP contribution in [0.5, 0.6) is 0 Å². The second-order valence-corrected chi connectivity index (χ2v) is 8.94. The fourth-order valence-electron chi connectivity index (χ4n) is 5.18. The normalized spacial score (nSPS) is 23.4. The number of hydrogen-bond donors (Lipinski definition) is 1. The number of H-pyrrole nitrogens is 1. The molecule has 0 spiro atoms. The van der Waals surface area contributed by atoms with Gasteiger partial charge in [0, 0.05) is 50.6 Å². The summed E-state index contributed by atoms with van der Waals surface area (Å²) in [6.07, 6.45) is 5.54. The molecule has 0 bridgehead atoms. The number of amides is 1. The molecule has 2 saturated heterocycles. The first-order chi connectivity index (χ1) is 14.5. The number of aromatic nitrogens is 2. The minimum absolute atomic E-state index is 0.150. The van der Waals surface area contributed by atoms with Crippen LogP contribution in [0.3, 0.4) is 0 Å². The second-order valence-electron chi connectivity index (χ2n) is 8.94. The maximum Gasteiger partial charge on any atom is 0.270 e. The van der Waals surface area contributed by atoms with Crippen LogP contribution in [0.4, 0.5) is 14.6 Å². The van der Waals surface area contributed by atoms with E-state index in [0.29, 0.717) is 24.3 Å². The van der Waals surface area contributed by atoms with E-state index in [-0.39, 0.29) is 12.3 Å². The van der Waals surface area contributed by atoms with Crippen LogP contribution in [-0.4, -0.2) is 76.9 Å². The maximum atomic E-state index is 13.7. The summed E-state index contributed by atoms with van der Waals surface area (Å²) >= 11 is 0.